The number of amides is 2. The molecular weight excluding hydrogens is 368 g/mol. The van der Waals surface area contributed by atoms with Crippen LogP contribution in [0.4, 0.5) is 0 Å². The molecule has 2 heterocycles. The van der Waals surface area contributed by atoms with Crippen LogP contribution in [0.15, 0.2) is 42.5 Å². The SMILES string of the molecule is COc1ccc(CCN2C(=O)C[C@H]([NH+]3CCc4ccccc4C3)C2=O)cc1OC. The fraction of sp³-hybridized carbons (Fsp3) is 0.391. The summed E-state index contributed by atoms with van der Waals surface area (Å²) in [5, 5.41) is 0. The lowest BCUT2D eigenvalue weighted by Gasteiger charge is -2.29. The highest BCUT2D eigenvalue weighted by Crippen LogP contribution is 2.28. The molecule has 1 unspecified atom stereocenters. The van der Waals surface area contributed by atoms with Crippen LogP contribution in [0.1, 0.15) is 23.1 Å². The predicted molar refractivity (Wildman–Crippen MR) is 108 cm³/mol. The number of hydrogen-bond acceptors (Lipinski definition) is 4. The molecule has 4 rings (SSSR count). The Labute approximate surface area is 171 Å². The molecule has 2 amide bonds. The highest BCUT2D eigenvalue weighted by molar-refractivity contribution is 6.04. The van der Waals surface area contributed by atoms with Crippen LogP contribution in [0, 0.1) is 0 Å². The summed E-state index contributed by atoms with van der Waals surface area (Å²) in [6.45, 7) is 2.10. The van der Waals surface area contributed by atoms with Crippen molar-refractivity contribution < 1.29 is 24.0 Å². The smallest absolute Gasteiger partial charge is 0.288 e. The molecule has 152 valence electrons. The van der Waals surface area contributed by atoms with Crippen LogP contribution in [-0.4, -0.2) is 50.1 Å². The molecule has 0 radical (unpaired) electrons. The molecular formula is C23H27N2O4+. The van der Waals surface area contributed by atoms with Crippen LogP contribution in [0.2, 0.25) is 0 Å². The monoisotopic (exact) mass is 395 g/mol. The summed E-state index contributed by atoms with van der Waals surface area (Å²) in [5.74, 6) is 1.22. The van der Waals surface area contributed by atoms with Gasteiger partial charge in [-0.05, 0) is 29.7 Å². The van der Waals surface area contributed by atoms with Gasteiger partial charge in [0.2, 0.25) is 5.91 Å². The predicted octanol–water partition coefficient (Wildman–Crippen LogP) is 1.02. The van der Waals surface area contributed by atoms with Crippen molar-refractivity contribution in [2.75, 3.05) is 27.3 Å². The summed E-state index contributed by atoms with van der Waals surface area (Å²) in [7, 11) is 3.19. The van der Waals surface area contributed by atoms with E-state index in [1.165, 1.54) is 20.9 Å². The lowest BCUT2D eigenvalue weighted by atomic mass is 9.98. The standard InChI is InChI=1S/C23H26N2O4/c1-28-20-8-7-16(13-21(20)29-2)9-12-25-22(26)14-19(23(25)27)24-11-10-17-5-3-4-6-18(17)15-24/h3-8,13,19H,9-12,14-15H2,1-2H3/p+1/t19-/m0/s1. The molecule has 0 bridgehead atoms. The van der Waals surface area contributed by atoms with Gasteiger partial charge in [-0.3, -0.25) is 14.5 Å². The number of quaternary nitrogens is 1. The van der Waals surface area contributed by atoms with Crippen molar-refractivity contribution in [2.45, 2.75) is 31.8 Å². The maximum absolute atomic E-state index is 13.0. The summed E-state index contributed by atoms with van der Waals surface area (Å²) in [6, 6.07) is 13.8. The van der Waals surface area contributed by atoms with E-state index in [1.54, 1.807) is 14.2 Å². The number of benzene rings is 2. The maximum atomic E-state index is 13.0. The third-order valence-electron chi connectivity index (χ3n) is 6.06. The minimum Gasteiger partial charge on any atom is -0.493 e. The molecule has 2 atom stereocenters. The third kappa shape index (κ3) is 3.85. The van der Waals surface area contributed by atoms with Gasteiger partial charge in [0, 0.05) is 18.5 Å². The van der Waals surface area contributed by atoms with Gasteiger partial charge in [-0.15, -0.1) is 0 Å². The highest BCUT2D eigenvalue weighted by Gasteiger charge is 2.45. The zero-order chi connectivity index (χ0) is 20.4. The zero-order valence-corrected chi connectivity index (χ0v) is 16.9. The van der Waals surface area contributed by atoms with Gasteiger partial charge in [0.25, 0.3) is 5.91 Å². The molecule has 2 aliphatic heterocycles. The van der Waals surface area contributed by atoms with Gasteiger partial charge in [0.15, 0.2) is 17.5 Å². The first-order valence-corrected chi connectivity index (χ1v) is 10.1. The van der Waals surface area contributed by atoms with Crippen LogP contribution in [-0.2, 0) is 29.0 Å². The van der Waals surface area contributed by atoms with Crippen LogP contribution in [0.3, 0.4) is 0 Å². The Morgan fingerprint density at radius 1 is 1.03 bits per heavy atom. The van der Waals surface area contributed by atoms with Crippen molar-refractivity contribution >= 4 is 11.8 Å². The Bertz CT molecular complexity index is 927. The van der Waals surface area contributed by atoms with Gasteiger partial charge in [-0.2, -0.15) is 0 Å². The van der Waals surface area contributed by atoms with Gasteiger partial charge in [-0.1, -0.05) is 30.3 Å². The van der Waals surface area contributed by atoms with Gasteiger partial charge in [0.05, 0.1) is 27.2 Å². The number of ether oxygens (including phenoxy) is 2. The van der Waals surface area contributed by atoms with E-state index in [0.717, 1.165) is 25.1 Å². The molecule has 0 spiro atoms. The normalized spacial score (nSPS) is 21.2. The number of fused-ring (bicyclic) bond motifs is 1. The van der Waals surface area contributed by atoms with Crippen LogP contribution >= 0.6 is 0 Å². The number of imide groups is 1. The highest BCUT2D eigenvalue weighted by atomic mass is 16.5. The van der Waals surface area contributed by atoms with E-state index in [4.69, 9.17) is 9.47 Å². The van der Waals surface area contributed by atoms with E-state index < -0.39 is 0 Å². The van der Waals surface area contributed by atoms with Crippen LogP contribution in [0.5, 0.6) is 11.5 Å². The number of carbonyl (C=O) groups is 2. The van der Waals surface area contributed by atoms with Crippen molar-refractivity contribution in [3.63, 3.8) is 0 Å². The quantitative estimate of drug-likeness (QED) is 0.742. The van der Waals surface area contributed by atoms with E-state index in [1.807, 2.05) is 24.3 Å². The van der Waals surface area contributed by atoms with Crippen molar-refractivity contribution in [1.82, 2.24) is 4.90 Å². The number of methoxy groups -OCH3 is 2. The molecule has 0 saturated carbocycles. The maximum Gasteiger partial charge on any atom is 0.288 e. The summed E-state index contributed by atoms with van der Waals surface area (Å²) < 4.78 is 10.6. The Hall–Kier alpha value is -2.86. The number of likely N-dealkylation sites (tertiary alicyclic amines) is 1. The minimum atomic E-state index is -0.263. The van der Waals surface area contributed by atoms with Gasteiger partial charge in [-0.25, -0.2) is 0 Å². The van der Waals surface area contributed by atoms with E-state index in [2.05, 4.69) is 18.2 Å². The van der Waals surface area contributed by atoms with Crippen molar-refractivity contribution in [3.05, 3.63) is 59.2 Å². The molecule has 2 aromatic rings. The molecule has 0 aliphatic carbocycles. The molecule has 2 aliphatic rings. The summed E-state index contributed by atoms with van der Waals surface area (Å²) >= 11 is 0. The largest absolute Gasteiger partial charge is 0.493 e. The van der Waals surface area contributed by atoms with Crippen molar-refractivity contribution in [3.8, 4) is 11.5 Å². The summed E-state index contributed by atoms with van der Waals surface area (Å²) in [4.78, 5) is 28.2. The van der Waals surface area contributed by atoms with Crippen LogP contribution < -0.4 is 14.4 Å². The molecule has 0 aromatic heterocycles. The zero-order valence-electron chi connectivity index (χ0n) is 16.9. The number of carbonyl (C=O) groups excluding carboxylic acids is 2. The van der Waals surface area contributed by atoms with Crippen LogP contribution in [0.25, 0.3) is 0 Å². The Kier molecular flexibility index (Phi) is 5.53. The van der Waals surface area contributed by atoms with Gasteiger partial charge < -0.3 is 14.4 Å². The lowest BCUT2D eigenvalue weighted by Crippen LogP contribution is -3.16. The van der Waals surface area contributed by atoms with Gasteiger partial charge in [0.1, 0.15) is 6.54 Å². The van der Waals surface area contributed by atoms with E-state index in [9.17, 15) is 9.59 Å². The summed E-state index contributed by atoms with van der Waals surface area (Å²) in [6.07, 6.45) is 1.86. The van der Waals surface area contributed by atoms with E-state index in [-0.39, 0.29) is 17.9 Å². The minimum absolute atomic E-state index is 0.0372. The number of rotatable bonds is 6. The fourth-order valence-electron chi connectivity index (χ4n) is 4.41. The van der Waals surface area contributed by atoms with E-state index >= 15 is 0 Å². The molecule has 2 aromatic carbocycles. The fourth-order valence-corrected chi connectivity index (χ4v) is 4.41. The molecule has 1 fully saturated rings. The molecule has 6 heteroatoms. The first-order chi connectivity index (χ1) is 14.1. The molecule has 1 N–H and O–H groups in total. The van der Waals surface area contributed by atoms with Crippen molar-refractivity contribution in [1.29, 1.82) is 0 Å². The summed E-state index contributed by atoms with van der Waals surface area (Å²) in [5.41, 5.74) is 3.65. The number of nitrogens with zero attached hydrogens (tertiary/aromatic N) is 1. The molecule has 29 heavy (non-hydrogen) atoms. The Balaban J connectivity index is 1.41. The lowest BCUT2D eigenvalue weighted by molar-refractivity contribution is -0.930. The first kappa shape index (κ1) is 19.5. The average Bonchev–Trinajstić information content (AvgIpc) is 3.05. The van der Waals surface area contributed by atoms with Gasteiger partial charge >= 0.3 is 0 Å². The second-order valence-electron chi connectivity index (χ2n) is 7.68. The van der Waals surface area contributed by atoms with Crippen molar-refractivity contribution in [2.24, 2.45) is 0 Å². The Morgan fingerprint density at radius 3 is 2.55 bits per heavy atom. The third-order valence-corrected chi connectivity index (χ3v) is 6.06. The second kappa shape index (κ2) is 8.25. The topological polar surface area (TPSA) is 60.3 Å². The van der Waals surface area contributed by atoms with E-state index in [0.29, 0.717) is 30.9 Å². The Morgan fingerprint density at radius 2 is 1.79 bits per heavy atom. The average molecular weight is 395 g/mol. The first-order valence-electron chi connectivity index (χ1n) is 10.1. The number of hydrogen-bond donors (Lipinski definition) is 1. The molecule has 1 saturated heterocycles. The second-order valence-corrected chi connectivity index (χ2v) is 7.68. The number of nitrogens with one attached hydrogen (secondary N) is 1. The molecule has 6 nitrogen and oxygen atoms in total.